The van der Waals surface area contributed by atoms with Crippen LogP contribution in [0.5, 0.6) is 0 Å². The fourth-order valence-corrected chi connectivity index (χ4v) is 3.60. The molecule has 0 radical (unpaired) electrons. The Kier molecular flexibility index (Phi) is 3.52. The molecule has 2 aliphatic rings. The van der Waals surface area contributed by atoms with E-state index in [9.17, 15) is 0 Å². The van der Waals surface area contributed by atoms with Crippen molar-refractivity contribution in [2.75, 3.05) is 18.5 Å². The summed E-state index contributed by atoms with van der Waals surface area (Å²) in [6.07, 6.45) is 5.56. The van der Waals surface area contributed by atoms with Gasteiger partial charge in [0.05, 0.1) is 11.9 Å². The molecule has 2 saturated carbocycles. The average molecular weight is 303 g/mol. The van der Waals surface area contributed by atoms with Crippen LogP contribution < -0.4 is 11.3 Å². The van der Waals surface area contributed by atoms with Gasteiger partial charge in [-0.2, -0.15) is 0 Å². The molecule has 0 aliphatic heterocycles. The van der Waals surface area contributed by atoms with E-state index in [1.807, 2.05) is 11.4 Å². The third-order valence-corrected chi connectivity index (χ3v) is 5.11. The van der Waals surface area contributed by atoms with E-state index in [0.717, 1.165) is 40.2 Å². The summed E-state index contributed by atoms with van der Waals surface area (Å²) in [7, 11) is 0. The van der Waals surface area contributed by atoms with Gasteiger partial charge < -0.3 is 5.43 Å². The van der Waals surface area contributed by atoms with E-state index in [0.29, 0.717) is 0 Å². The second kappa shape index (κ2) is 5.51. The highest BCUT2D eigenvalue weighted by atomic mass is 32.1. The lowest BCUT2D eigenvalue weighted by Crippen LogP contribution is -2.29. The van der Waals surface area contributed by atoms with Crippen molar-refractivity contribution in [3.63, 3.8) is 0 Å². The monoisotopic (exact) mass is 303 g/mol. The lowest BCUT2D eigenvalue weighted by molar-refractivity contribution is 0.239. The highest BCUT2D eigenvalue weighted by Gasteiger charge is 2.29. The van der Waals surface area contributed by atoms with Crippen molar-refractivity contribution in [2.45, 2.75) is 32.2 Å². The SMILES string of the molecule is NNc1nc(CN(CC2CC2)CC2CC2)nc2sccc12. The number of hydrogen-bond acceptors (Lipinski definition) is 6. The summed E-state index contributed by atoms with van der Waals surface area (Å²) < 4.78 is 0. The van der Waals surface area contributed by atoms with Crippen molar-refractivity contribution in [2.24, 2.45) is 17.7 Å². The molecule has 0 aromatic carbocycles. The van der Waals surface area contributed by atoms with Gasteiger partial charge in [-0.25, -0.2) is 15.8 Å². The van der Waals surface area contributed by atoms with E-state index >= 15 is 0 Å². The van der Waals surface area contributed by atoms with Gasteiger partial charge in [-0.3, -0.25) is 4.90 Å². The fourth-order valence-electron chi connectivity index (χ4n) is 2.82. The van der Waals surface area contributed by atoms with Crippen LogP contribution in [0.4, 0.5) is 5.82 Å². The molecule has 0 unspecified atom stereocenters. The van der Waals surface area contributed by atoms with Crippen molar-refractivity contribution in [1.82, 2.24) is 14.9 Å². The molecule has 0 saturated heterocycles. The number of aromatic nitrogens is 2. The largest absolute Gasteiger partial charge is 0.308 e. The van der Waals surface area contributed by atoms with E-state index < -0.39 is 0 Å². The second-order valence-electron chi connectivity index (χ2n) is 6.35. The van der Waals surface area contributed by atoms with E-state index in [4.69, 9.17) is 10.8 Å². The topological polar surface area (TPSA) is 67.1 Å². The molecular weight excluding hydrogens is 282 g/mol. The Morgan fingerprint density at radius 1 is 1.19 bits per heavy atom. The Hall–Kier alpha value is -1.24. The van der Waals surface area contributed by atoms with Crippen molar-refractivity contribution < 1.29 is 0 Å². The Bertz CT molecular complexity index is 618. The fraction of sp³-hybridized carbons (Fsp3) is 0.600. The van der Waals surface area contributed by atoms with Crippen molar-refractivity contribution in [3.8, 4) is 0 Å². The number of nitrogens with two attached hydrogens (primary N) is 1. The molecule has 112 valence electrons. The minimum absolute atomic E-state index is 0.744. The zero-order chi connectivity index (χ0) is 14.2. The molecule has 21 heavy (non-hydrogen) atoms. The average Bonchev–Trinajstić information content (AvgIpc) is 3.40. The summed E-state index contributed by atoms with van der Waals surface area (Å²) in [5, 5.41) is 3.05. The molecule has 3 N–H and O–H groups in total. The van der Waals surface area contributed by atoms with Crippen molar-refractivity contribution in [1.29, 1.82) is 0 Å². The molecule has 6 heteroatoms. The van der Waals surface area contributed by atoms with Crippen LogP contribution in [0.1, 0.15) is 31.5 Å². The van der Waals surface area contributed by atoms with Crippen LogP contribution in [0.2, 0.25) is 0 Å². The molecular formula is C15H21N5S. The van der Waals surface area contributed by atoms with Crippen LogP contribution in [0.3, 0.4) is 0 Å². The predicted octanol–water partition coefficient (Wildman–Crippen LogP) is 2.60. The Morgan fingerprint density at radius 3 is 2.52 bits per heavy atom. The number of thiophene rings is 1. The van der Waals surface area contributed by atoms with Gasteiger partial charge in [0, 0.05) is 13.1 Å². The maximum Gasteiger partial charge on any atom is 0.152 e. The maximum absolute atomic E-state index is 5.61. The molecule has 0 bridgehead atoms. The summed E-state index contributed by atoms with van der Waals surface area (Å²) in [6.45, 7) is 3.25. The number of rotatable bonds is 7. The summed E-state index contributed by atoms with van der Waals surface area (Å²) >= 11 is 1.65. The molecule has 2 aliphatic carbocycles. The smallest absolute Gasteiger partial charge is 0.152 e. The van der Waals surface area contributed by atoms with Crippen LogP contribution >= 0.6 is 11.3 Å². The number of hydrogen-bond donors (Lipinski definition) is 2. The van der Waals surface area contributed by atoms with Crippen LogP contribution in [0, 0.1) is 11.8 Å². The van der Waals surface area contributed by atoms with Crippen LogP contribution in [0.25, 0.3) is 10.2 Å². The van der Waals surface area contributed by atoms with Gasteiger partial charge in [0.2, 0.25) is 0 Å². The Labute approximate surface area is 128 Å². The quantitative estimate of drug-likeness (QED) is 0.608. The first-order valence-corrected chi connectivity index (χ1v) is 8.63. The van der Waals surface area contributed by atoms with Crippen molar-refractivity contribution >= 4 is 27.4 Å². The minimum Gasteiger partial charge on any atom is -0.308 e. The van der Waals surface area contributed by atoms with Crippen LogP contribution in [0.15, 0.2) is 11.4 Å². The third kappa shape index (κ3) is 3.17. The molecule has 2 aromatic heterocycles. The van der Waals surface area contributed by atoms with Gasteiger partial charge in [0.25, 0.3) is 0 Å². The summed E-state index contributed by atoms with van der Waals surface area (Å²) in [4.78, 5) is 12.9. The van der Waals surface area contributed by atoms with Gasteiger partial charge in [-0.05, 0) is 49.0 Å². The van der Waals surface area contributed by atoms with E-state index in [2.05, 4.69) is 15.3 Å². The highest BCUT2D eigenvalue weighted by Crippen LogP contribution is 2.34. The molecule has 4 rings (SSSR count). The number of nitrogens with one attached hydrogen (secondary N) is 1. The first-order valence-electron chi connectivity index (χ1n) is 7.75. The molecule has 5 nitrogen and oxygen atoms in total. The number of nitrogen functional groups attached to an aromatic ring is 1. The first kappa shape index (κ1) is 13.4. The predicted molar refractivity (Wildman–Crippen MR) is 86.0 cm³/mol. The van der Waals surface area contributed by atoms with Crippen LogP contribution in [-0.4, -0.2) is 28.0 Å². The Morgan fingerprint density at radius 2 is 1.90 bits per heavy atom. The number of hydrazine groups is 1. The molecule has 2 heterocycles. The molecule has 2 aromatic rings. The molecule has 0 spiro atoms. The second-order valence-corrected chi connectivity index (χ2v) is 7.25. The molecule has 0 atom stereocenters. The van der Waals surface area contributed by atoms with E-state index in [1.54, 1.807) is 11.3 Å². The van der Waals surface area contributed by atoms with Gasteiger partial charge in [0.15, 0.2) is 5.82 Å². The Balaban J connectivity index is 1.55. The van der Waals surface area contributed by atoms with Crippen molar-refractivity contribution in [3.05, 3.63) is 17.3 Å². The lowest BCUT2D eigenvalue weighted by Gasteiger charge is -2.21. The van der Waals surface area contributed by atoms with Gasteiger partial charge >= 0.3 is 0 Å². The van der Waals surface area contributed by atoms with E-state index in [1.165, 1.54) is 38.8 Å². The number of nitrogens with zero attached hydrogens (tertiary/aromatic N) is 3. The summed E-state index contributed by atoms with van der Waals surface area (Å²) in [5.74, 6) is 9.05. The number of fused-ring (bicyclic) bond motifs is 1. The van der Waals surface area contributed by atoms with Gasteiger partial charge in [-0.1, -0.05) is 0 Å². The number of anilines is 1. The normalized spacial score (nSPS) is 18.6. The zero-order valence-corrected chi connectivity index (χ0v) is 12.9. The third-order valence-electron chi connectivity index (χ3n) is 4.30. The van der Waals surface area contributed by atoms with E-state index in [-0.39, 0.29) is 0 Å². The van der Waals surface area contributed by atoms with Gasteiger partial charge in [0.1, 0.15) is 10.7 Å². The lowest BCUT2D eigenvalue weighted by atomic mass is 10.3. The van der Waals surface area contributed by atoms with Gasteiger partial charge in [-0.15, -0.1) is 11.3 Å². The van der Waals surface area contributed by atoms with Crippen LogP contribution in [-0.2, 0) is 6.54 Å². The standard InChI is InChI=1S/C15H21N5S/c16-19-14-12-5-6-21-15(12)18-13(17-14)9-20(7-10-1-2-10)8-11-3-4-11/h5-6,10-11H,1-4,7-9,16H2,(H,17,18,19). The maximum atomic E-state index is 5.61. The summed E-state index contributed by atoms with van der Waals surface area (Å²) in [5.41, 5.74) is 2.71. The molecule has 0 amide bonds. The molecule has 2 fully saturated rings. The first-order chi connectivity index (χ1) is 10.3. The highest BCUT2D eigenvalue weighted by molar-refractivity contribution is 7.16. The zero-order valence-electron chi connectivity index (χ0n) is 12.1. The summed E-state index contributed by atoms with van der Waals surface area (Å²) in [6, 6.07) is 2.02. The minimum atomic E-state index is 0.744.